The molecule has 0 radical (unpaired) electrons. The van der Waals surface area contributed by atoms with Crippen molar-refractivity contribution in [2.45, 2.75) is 89.5 Å². The van der Waals surface area contributed by atoms with E-state index in [1.165, 1.54) is 75.6 Å². The summed E-state index contributed by atoms with van der Waals surface area (Å²) in [5.41, 5.74) is 3.69. The number of carbonyl (C=O) groups is 1. The quantitative estimate of drug-likeness (QED) is 0.608. The van der Waals surface area contributed by atoms with E-state index in [4.69, 9.17) is 0 Å². The monoisotopic (exact) mass is 398 g/mol. The fourth-order valence-corrected chi connectivity index (χ4v) is 6.16. The minimum Gasteiger partial charge on any atom is -0.465 e. The molecule has 3 aliphatic rings. The van der Waals surface area contributed by atoms with Crippen LogP contribution in [0.3, 0.4) is 0 Å². The smallest absolute Gasteiger partial charge is 0.411 e. The standard InChI is InChI=1S/C25H38N2O2/c1-2-3-16-27(25(28)29)24-11-7-10-20-21(24)12-13-23-22(20)15-18-26(23)17-14-19-8-5-4-6-9-19/h7,10-11,19,22-23H,2-6,8-9,12-18H2,1H3,(H,28,29)/t22-,23+/m1/s1. The van der Waals surface area contributed by atoms with E-state index >= 15 is 0 Å². The van der Waals surface area contributed by atoms with Gasteiger partial charge >= 0.3 is 6.09 Å². The van der Waals surface area contributed by atoms with Crippen molar-refractivity contribution in [3.63, 3.8) is 0 Å². The Kier molecular flexibility index (Phi) is 6.79. The number of benzene rings is 1. The first-order chi connectivity index (χ1) is 14.2. The maximum Gasteiger partial charge on any atom is 0.411 e. The van der Waals surface area contributed by atoms with E-state index in [0.29, 0.717) is 18.5 Å². The second kappa shape index (κ2) is 9.51. The highest BCUT2D eigenvalue weighted by Gasteiger charge is 2.39. The first-order valence-electron chi connectivity index (χ1n) is 12.0. The summed E-state index contributed by atoms with van der Waals surface area (Å²) in [4.78, 5) is 16.3. The molecule has 160 valence electrons. The van der Waals surface area contributed by atoms with Crippen LogP contribution in [0.4, 0.5) is 10.5 Å². The van der Waals surface area contributed by atoms with Gasteiger partial charge in [0, 0.05) is 18.5 Å². The molecular weight excluding hydrogens is 360 g/mol. The molecule has 2 atom stereocenters. The van der Waals surface area contributed by atoms with E-state index in [1.54, 1.807) is 4.90 Å². The van der Waals surface area contributed by atoms with Crippen molar-refractivity contribution in [2.24, 2.45) is 5.92 Å². The third kappa shape index (κ3) is 4.47. The van der Waals surface area contributed by atoms with Gasteiger partial charge < -0.3 is 5.11 Å². The Labute approximate surface area is 176 Å². The van der Waals surface area contributed by atoms with Crippen LogP contribution < -0.4 is 4.90 Å². The highest BCUT2D eigenvalue weighted by atomic mass is 16.4. The van der Waals surface area contributed by atoms with Crippen molar-refractivity contribution < 1.29 is 9.90 Å². The highest BCUT2D eigenvalue weighted by Crippen LogP contribution is 2.44. The molecule has 0 aromatic heterocycles. The fraction of sp³-hybridized carbons (Fsp3) is 0.720. The van der Waals surface area contributed by atoms with Crippen LogP contribution in [0.25, 0.3) is 0 Å². The largest absolute Gasteiger partial charge is 0.465 e. The summed E-state index contributed by atoms with van der Waals surface area (Å²) in [6.45, 7) is 5.19. The van der Waals surface area contributed by atoms with Crippen LogP contribution >= 0.6 is 0 Å². The van der Waals surface area contributed by atoms with E-state index in [9.17, 15) is 9.90 Å². The molecule has 1 heterocycles. The Morgan fingerprint density at radius 2 is 2.00 bits per heavy atom. The Morgan fingerprint density at radius 1 is 1.17 bits per heavy atom. The summed E-state index contributed by atoms with van der Waals surface area (Å²) < 4.78 is 0. The SMILES string of the molecule is CCCCN(C(=O)O)c1cccc2c1CC[C@H]1[C@@H]2CCN1CCC1CCCCC1. The van der Waals surface area contributed by atoms with Crippen LogP contribution in [0.1, 0.15) is 88.2 Å². The molecule has 0 spiro atoms. The highest BCUT2D eigenvalue weighted by molar-refractivity contribution is 5.87. The van der Waals surface area contributed by atoms with Crippen molar-refractivity contribution in [2.75, 3.05) is 24.5 Å². The van der Waals surface area contributed by atoms with Gasteiger partial charge in [0.1, 0.15) is 0 Å². The normalized spacial score (nSPS) is 24.9. The van der Waals surface area contributed by atoms with Crippen LogP contribution in [0.15, 0.2) is 18.2 Å². The van der Waals surface area contributed by atoms with E-state index < -0.39 is 6.09 Å². The van der Waals surface area contributed by atoms with Crippen molar-refractivity contribution in [1.29, 1.82) is 0 Å². The number of hydrogen-bond donors (Lipinski definition) is 1. The van der Waals surface area contributed by atoms with Crippen LogP contribution in [0.2, 0.25) is 0 Å². The van der Waals surface area contributed by atoms with Crippen molar-refractivity contribution in [3.05, 3.63) is 29.3 Å². The van der Waals surface area contributed by atoms with Crippen LogP contribution in [-0.2, 0) is 6.42 Å². The molecule has 1 aliphatic heterocycles. The van der Waals surface area contributed by atoms with Crippen molar-refractivity contribution in [3.8, 4) is 0 Å². The molecule has 1 aromatic carbocycles. The number of likely N-dealkylation sites (tertiary alicyclic amines) is 1. The van der Waals surface area contributed by atoms with E-state index in [-0.39, 0.29) is 0 Å². The van der Waals surface area contributed by atoms with Crippen molar-refractivity contribution >= 4 is 11.8 Å². The molecule has 1 saturated carbocycles. The fourth-order valence-electron chi connectivity index (χ4n) is 6.16. The third-order valence-electron chi connectivity index (χ3n) is 7.74. The lowest BCUT2D eigenvalue weighted by Gasteiger charge is -2.36. The number of amides is 1. The molecule has 29 heavy (non-hydrogen) atoms. The summed E-state index contributed by atoms with van der Waals surface area (Å²) >= 11 is 0. The summed E-state index contributed by atoms with van der Waals surface area (Å²) in [6, 6.07) is 7.05. The van der Waals surface area contributed by atoms with Gasteiger partial charge in [0.05, 0.1) is 5.69 Å². The van der Waals surface area contributed by atoms with Crippen LogP contribution in [0, 0.1) is 5.92 Å². The lowest BCUT2D eigenvalue weighted by atomic mass is 9.78. The van der Waals surface area contributed by atoms with Gasteiger partial charge in [-0.1, -0.05) is 57.6 Å². The summed E-state index contributed by atoms with van der Waals surface area (Å²) in [5.74, 6) is 1.54. The summed E-state index contributed by atoms with van der Waals surface area (Å²) in [7, 11) is 0. The molecule has 4 rings (SSSR count). The zero-order valence-corrected chi connectivity index (χ0v) is 18.1. The van der Waals surface area contributed by atoms with Gasteiger partial charge in [0.15, 0.2) is 0 Å². The number of anilines is 1. The second-order valence-corrected chi connectivity index (χ2v) is 9.46. The van der Waals surface area contributed by atoms with Gasteiger partial charge in [-0.05, 0) is 68.3 Å². The average Bonchev–Trinajstić information content (AvgIpc) is 3.16. The molecule has 4 nitrogen and oxygen atoms in total. The second-order valence-electron chi connectivity index (χ2n) is 9.46. The predicted molar refractivity (Wildman–Crippen MR) is 119 cm³/mol. The third-order valence-corrected chi connectivity index (χ3v) is 7.74. The Balaban J connectivity index is 1.47. The van der Waals surface area contributed by atoms with Crippen LogP contribution in [0.5, 0.6) is 0 Å². The summed E-state index contributed by atoms with van der Waals surface area (Å²) in [5, 5.41) is 9.80. The van der Waals surface area contributed by atoms with Crippen molar-refractivity contribution in [1.82, 2.24) is 4.90 Å². The molecule has 2 fully saturated rings. The Bertz CT molecular complexity index is 698. The zero-order valence-electron chi connectivity index (χ0n) is 18.1. The lowest BCUT2D eigenvalue weighted by Crippen LogP contribution is -2.37. The van der Waals surface area contributed by atoms with Gasteiger partial charge in [0.2, 0.25) is 0 Å². The first-order valence-corrected chi connectivity index (χ1v) is 12.0. The maximum absolute atomic E-state index is 11.9. The number of nitrogens with zero attached hydrogens (tertiary/aromatic N) is 2. The molecule has 1 N–H and O–H groups in total. The number of rotatable bonds is 7. The molecule has 0 unspecified atom stereocenters. The molecule has 1 amide bonds. The number of fused-ring (bicyclic) bond motifs is 3. The van der Waals surface area contributed by atoms with E-state index in [2.05, 4.69) is 24.0 Å². The minimum atomic E-state index is -0.811. The molecule has 4 heteroatoms. The Morgan fingerprint density at radius 3 is 2.76 bits per heavy atom. The Hall–Kier alpha value is -1.55. The number of carboxylic acid groups (broad SMARTS) is 1. The first kappa shape index (κ1) is 20.7. The molecule has 0 bridgehead atoms. The zero-order chi connectivity index (χ0) is 20.2. The van der Waals surface area contributed by atoms with Gasteiger partial charge in [-0.2, -0.15) is 0 Å². The van der Waals surface area contributed by atoms with E-state index in [1.807, 2.05) is 6.07 Å². The van der Waals surface area contributed by atoms with E-state index in [0.717, 1.165) is 30.9 Å². The van der Waals surface area contributed by atoms with Crippen LogP contribution in [-0.4, -0.2) is 41.8 Å². The van der Waals surface area contributed by atoms with Gasteiger partial charge in [0.25, 0.3) is 0 Å². The topological polar surface area (TPSA) is 43.8 Å². The minimum absolute atomic E-state index is 0.590. The molecular formula is C25H38N2O2. The van der Waals surface area contributed by atoms with Gasteiger partial charge in [-0.3, -0.25) is 9.80 Å². The average molecular weight is 399 g/mol. The molecule has 1 saturated heterocycles. The number of hydrogen-bond acceptors (Lipinski definition) is 2. The molecule has 2 aliphatic carbocycles. The number of unbranched alkanes of at least 4 members (excludes halogenated alkanes) is 1. The lowest BCUT2D eigenvalue weighted by molar-refractivity contribution is 0.198. The van der Waals surface area contributed by atoms with Gasteiger partial charge in [-0.15, -0.1) is 0 Å². The maximum atomic E-state index is 11.9. The molecule has 1 aromatic rings. The predicted octanol–water partition coefficient (Wildman–Crippen LogP) is 6.05. The van der Waals surface area contributed by atoms with Gasteiger partial charge in [-0.25, -0.2) is 4.79 Å². The summed E-state index contributed by atoms with van der Waals surface area (Å²) in [6.07, 6.45) is 13.1.